The van der Waals surface area contributed by atoms with Gasteiger partial charge in [-0.05, 0) is 19.4 Å². The molecule has 1 heterocycles. The van der Waals surface area contributed by atoms with E-state index in [0.29, 0.717) is 6.54 Å². The molecule has 0 aliphatic carbocycles. The first-order valence-corrected chi connectivity index (χ1v) is 5.67. The highest BCUT2D eigenvalue weighted by Crippen LogP contribution is 2.19. The average Bonchev–Trinajstić information content (AvgIpc) is 2.28. The molecule has 1 rings (SSSR count). The first kappa shape index (κ1) is 13.0. The van der Waals surface area contributed by atoms with Gasteiger partial charge in [-0.15, -0.1) is 0 Å². The molecule has 92 valence electrons. The first-order chi connectivity index (χ1) is 7.56. The van der Waals surface area contributed by atoms with E-state index >= 15 is 0 Å². The zero-order valence-electron chi connectivity index (χ0n) is 9.94. The van der Waals surface area contributed by atoms with E-state index in [0.717, 1.165) is 25.8 Å². The number of methoxy groups -OCH3 is 1. The number of esters is 1. The molecule has 2 atom stereocenters. The van der Waals surface area contributed by atoms with Gasteiger partial charge in [0.25, 0.3) is 0 Å². The number of primary amides is 1. The van der Waals surface area contributed by atoms with Crippen molar-refractivity contribution >= 4 is 11.9 Å². The molecule has 0 saturated carbocycles. The molecule has 5 heteroatoms. The fourth-order valence-corrected chi connectivity index (χ4v) is 2.05. The third-order valence-corrected chi connectivity index (χ3v) is 3.08. The van der Waals surface area contributed by atoms with Crippen LogP contribution in [0.25, 0.3) is 0 Å². The third kappa shape index (κ3) is 3.20. The molecular weight excluding hydrogens is 208 g/mol. The number of rotatable bonds is 4. The second-order valence-electron chi connectivity index (χ2n) is 4.33. The maximum absolute atomic E-state index is 11.5. The minimum absolute atomic E-state index is 0.208. The summed E-state index contributed by atoms with van der Waals surface area (Å²) in [6, 6.07) is -0.208. The van der Waals surface area contributed by atoms with Crippen molar-refractivity contribution in [2.75, 3.05) is 20.2 Å². The fourth-order valence-electron chi connectivity index (χ4n) is 2.05. The lowest BCUT2D eigenvalue weighted by Crippen LogP contribution is -2.48. The molecule has 2 N–H and O–H groups in total. The molecular formula is C11H20N2O3. The van der Waals surface area contributed by atoms with Crippen LogP contribution < -0.4 is 5.73 Å². The average molecular weight is 228 g/mol. The molecule has 1 fully saturated rings. The van der Waals surface area contributed by atoms with E-state index in [1.54, 1.807) is 6.92 Å². The Hall–Kier alpha value is -1.10. The summed E-state index contributed by atoms with van der Waals surface area (Å²) in [5.74, 6) is -0.768. The highest BCUT2D eigenvalue weighted by molar-refractivity contribution is 5.77. The van der Waals surface area contributed by atoms with E-state index in [4.69, 9.17) is 10.5 Å². The van der Waals surface area contributed by atoms with Crippen LogP contribution in [-0.4, -0.2) is 43.0 Å². The van der Waals surface area contributed by atoms with Crippen molar-refractivity contribution in [3.05, 3.63) is 0 Å². The summed E-state index contributed by atoms with van der Waals surface area (Å²) in [4.78, 5) is 24.6. The molecule has 0 bridgehead atoms. The number of piperidine rings is 1. The molecule has 1 aliphatic rings. The topological polar surface area (TPSA) is 72.6 Å². The van der Waals surface area contributed by atoms with Crippen LogP contribution in [0.15, 0.2) is 0 Å². The molecule has 0 aromatic carbocycles. The first-order valence-electron chi connectivity index (χ1n) is 5.67. The van der Waals surface area contributed by atoms with E-state index in [-0.39, 0.29) is 23.8 Å². The lowest BCUT2D eigenvalue weighted by molar-refractivity contribution is -0.149. The lowest BCUT2D eigenvalue weighted by Gasteiger charge is -2.34. The third-order valence-electron chi connectivity index (χ3n) is 3.08. The molecule has 16 heavy (non-hydrogen) atoms. The van der Waals surface area contributed by atoms with Crippen molar-refractivity contribution in [1.29, 1.82) is 0 Å². The predicted octanol–water partition coefficient (Wildman–Crippen LogP) is 0.135. The van der Waals surface area contributed by atoms with Crippen LogP contribution in [0.3, 0.4) is 0 Å². The van der Waals surface area contributed by atoms with Crippen molar-refractivity contribution in [3.8, 4) is 0 Å². The van der Waals surface area contributed by atoms with Gasteiger partial charge in [0.1, 0.15) is 6.04 Å². The number of carbonyl (C=O) groups is 2. The number of carbonyl (C=O) groups excluding carboxylic acids is 2. The van der Waals surface area contributed by atoms with Gasteiger partial charge in [0, 0.05) is 12.5 Å². The predicted molar refractivity (Wildman–Crippen MR) is 59.6 cm³/mol. The second kappa shape index (κ2) is 5.84. The van der Waals surface area contributed by atoms with Gasteiger partial charge in [-0.25, -0.2) is 0 Å². The quantitative estimate of drug-likeness (QED) is 0.694. The molecule has 0 aromatic heterocycles. The van der Waals surface area contributed by atoms with Crippen molar-refractivity contribution in [2.24, 2.45) is 11.7 Å². The number of nitrogens with two attached hydrogens (primary N) is 1. The summed E-state index contributed by atoms with van der Waals surface area (Å²) in [6.07, 6.45) is 2.89. The summed E-state index contributed by atoms with van der Waals surface area (Å²) >= 11 is 0. The lowest BCUT2D eigenvalue weighted by atomic mass is 10.00. The Morgan fingerprint density at radius 2 is 2.19 bits per heavy atom. The summed E-state index contributed by atoms with van der Waals surface area (Å²) in [5, 5.41) is 0. The van der Waals surface area contributed by atoms with Gasteiger partial charge in [0.15, 0.2) is 0 Å². The minimum Gasteiger partial charge on any atom is -0.468 e. The summed E-state index contributed by atoms with van der Waals surface area (Å²) < 4.78 is 4.77. The molecule has 0 spiro atoms. The molecule has 0 radical (unpaired) electrons. The van der Waals surface area contributed by atoms with Crippen LogP contribution in [0.1, 0.15) is 26.2 Å². The van der Waals surface area contributed by atoms with Crippen LogP contribution in [0.5, 0.6) is 0 Å². The Morgan fingerprint density at radius 1 is 1.50 bits per heavy atom. The summed E-state index contributed by atoms with van der Waals surface area (Å²) in [7, 11) is 1.40. The number of amides is 1. The monoisotopic (exact) mass is 228 g/mol. The molecule has 2 unspecified atom stereocenters. The van der Waals surface area contributed by atoms with Crippen molar-refractivity contribution in [3.63, 3.8) is 0 Å². The maximum Gasteiger partial charge on any atom is 0.323 e. The van der Waals surface area contributed by atoms with Gasteiger partial charge in [-0.2, -0.15) is 0 Å². The Bertz CT molecular complexity index is 268. The van der Waals surface area contributed by atoms with Crippen molar-refractivity contribution in [1.82, 2.24) is 4.90 Å². The zero-order chi connectivity index (χ0) is 12.1. The van der Waals surface area contributed by atoms with Crippen molar-refractivity contribution in [2.45, 2.75) is 32.2 Å². The van der Waals surface area contributed by atoms with Gasteiger partial charge in [-0.3, -0.25) is 14.5 Å². The number of hydrogen-bond donors (Lipinski definition) is 1. The Kier molecular flexibility index (Phi) is 4.73. The molecule has 1 saturated heterocycles. The molecule has 1 amide bonds. The summed E-state index contributed by atoms with van der Waals surface area (Å²) in [5.41, 5.74) is 5.23. The van der Waals surface area contributed by atoms with E-state index < -0.39 is 0 Å². The normalized spacial score (nSPS) is 23.8. The Morgan fingerprint density at radius 3 is 2.75 bits per heavy atom. The van der Waals surface area contributed by atoms with E-state index in [2.05, 4.69) is 0 Å². The van der Waals surface area contributed by atoms with Crippen LogP contribution in [0.4, 0.5) is 0 Å². The smallest absolute Gasteiger partial charge is 0.323 e. The number of nitrogens with zero attached hydrogens (tertiary/aromatic N) is 1. The van der Waals surface area contributed by atoms with Crippen LogP contribution in [0, 0.1) is 5.92 Å². The van der Waals surface area contributed by atoms with Gasteiger partial charge >= 0.3 is 5.97 Å². The van der Waals surface area contributed by atoms with Gasteiger partial charge in [0.2, 0.25) is 5.91 Å². The minimum atomic E-state index is -0.325. The van der Waals surface area contributed by atoms with Gasteiger partial charge < -0.3 is 10.5 Å². The van der Waals surface area contributed by atoms with Crippen molar-refractivity contribution < 1.29 is 14.3 Å². The highest BCUT2D eigenvalue weighted by atomic mass is 16.5. The molecule has 0 aromatic rings. The van der Waals surface area contributed by atoms with Gasteiger partial charge in [-0.1, -0.05) is 13.3 Å². The van der Waals surface area contributed by atoms with E-state index in [1.807, 2.05) is 4.90 Å². The largest absolute Gasteiger partial charge is 0.468 e. The van der Waals surface area contributed by atoms with Gasteiger partial charge in [0.05, 0.1) is 7.11 Å². The number of likely N-dealkylation sites (tertiary alicyclic amines) is 1. The van der Waals surface area contributed by atoms with E-state index in [9.17, 15) is 9.59 Å². The number of hydrogen-bond acceptors (Lipinski definition) is 4. The van der Waals surface area contributed by atoms with Crippen LogP contribution >= 0.6 is 0 Å². The Labute approximate surface area is 95.9 Å². The second-order valence-corrected chi connectivity index (χ2v) is 4.33. The molecule has 5 nitrogen and oxygen atoms in total. The molecule has 1 aliphatic heterocycles. The Balaban J connectivity index is 2.60. The SMILES string of the molecule is COC(=O)C1CCCCN1CC(C)C(N)=O. The standard InChI is InChI=1S/C11H20N2O3/c1-8(10(12)14)7-13-6-4-3-5-9(13)11(15)16-2/h8-9H,3-7H2,1-2H3,(H2,12,14). The van der Waals surface area contributed by atoms with Crippen LogP contribution in [-0.2, 0) is 14.3 Å². The number of ether oxygens (including phenoxy) is 1. The summed E-state index contributed by atoms with van der Waals surface area (Å²) in [6.45, 7) is 3.15. The fraction of sp³-hybridized carbons (Fsp3) is 0.818. The maximum atomic E-state index is 11.5. The van der Waals surface area contributed by atoms with E-state index in [1.165, 1.54) is 7.11 Å². The zero-order valence-corrected chi connectivity index (χ0v) is 9.94. The van der Waals surface area contributed by atoms with Crippen LogP contribution in [0.2, 0.25) is 0 Å². The highest BCUT2D eigenvalue weighted by Gasteiger charge is 2.30.